The van der Waals surface area contributed by atoms with Crippen LogP contribution in [0.2, 0.25) is 0 Å². The molecule has 10 nitrogen and oxygen atoms in total. The summed E-state index contributed by atoms with van der Waals surface area (Å²) in [6, 6.07) is 17.3. The Kier molecular flexibility index (Phi) is 7.50. The van der Waals surface area contributed by atoms with Crippen molar-refractivity contribution in [3.05, 3.63) is 78.1 Å². The average Bonchev–Trinajstić information content (AvgIpc) is 3.48. The number of carbonyl (C=O) groups excluding carboxylic acids is 3. The summed E-state index contributed by atoms with van der Waals surface area (Å²) < 4.78 is 47.2. The smallest absolute Gasteiger partial charge is 0.324 e. The van der Waals surface area contributed by atoms with Crippen LogP contribution in [-0.2, 0) is 14.8 Å². The normalized spacial score (nSPS) is 13.5. The van der Waals surface area contributed by atoms with Gasteiger partial charge in [0.2, 0.25) is 15.9 Å². The molecule has 212 valence electrons. The van der Waals surface area contributed by atoms with Gasteiger partial charge in [-0.1, -0.05) is 30.3 Å². The van der Waals surface area contributed by atoms with E-state index in [9.17, 15) is 27.2 Å². The number of furan rings is 1. The quantitative estimate of drug-likeness (QED) is 0.289. The molecule has 0 spiro atoms. The average molecular weight is 579 g/mol. The zero-order chi connectivity index (χ0) is 29.3. The van der Waals surface area contributed by atoms with Crippen molar-refractivity contribution in [2.45, 2.75) is 6.42 Å². The summed E-state index contributed by atoms with van der Waals surface area (Å²) >= 11 is 0. The fourth-order valence-corrected chi connectivity index (χ4v) is 5.83. The highest BCUT2D eigenvalue weighted by molar-refractivity contribution is 7.92. The Labute approximate surface area is 235 Å². The molecule has 2 N–H and O–H groups in total. The van der Waals surface area contributed by atoms with Gasteiger partial charge in [0.25, 0.3) is 5.91 Å². The van der Waals surface area contributed by atoms with E-state index >= 15 is 0 Å². The van der Waals surface area contributed by atoms with Gasteiger partial charge in [-0.2, -0.15) is 0 Å². The number of hydrogen-bond acceptors (Lipinski definition) is 6. The maximum Gasteiger partial charge on any atom is 0.324 e. The minimum atomic E-state index is -3.85. The first kappa shape index (κ1) is 27.8. The van der Waals surface area contributed by atoms with Crippen molar-refractivity contribution < 1.29 is 31.6 Å². The van der Waals surface area contributed by atoms with E-state index in [-0.39, 0.29) is 48.9 Å². The van der Waals surface area contributed by atoms with Crippen LogP contribution >= 0.6 is 0 Å². The summed E-state index contributed by atoms with van der Waals surface area (Å²) in [5.74, 6) is -1.04. The summed E-state index contributed by atoms with van der Waals surface area (Å²) in [6.45, 7) is -0.0864. The van der Waals surface area contributed by atoms with Crippen molar-refractivity contribution in [2.75, 3.05) is 37.2 Å². The number of benzene rings is 3. The van der Waals surface area contributed by atoms with Gasteiger partial charge in [-0.15, -0.1) is 0 Å². The maximum absolute atomic E-state index is 13.7. The van der Waals surface area contributed by atoms with E-state index in [1.165, 1.54) is 35.6 Å². The first-order valence-corrected chi connectivity index (χ1v) is 14.6. The third kappa shape index (κ3) is 5.50. The maximum atomic E-state index is 13.7. The molecule has 1 aromatic heterocycles. The van der Waals surface area contributed by atoms with Crippen LogP contribution in [0.25, 0.3) is 33.4 Å². The van der Waals surface area contributed by atoms with Crippen LogP contribution in [0.15, 0.2) is 71.1 Å². The van der Waals surface area contributed by atoms with Gasteiger partial charge in [0.05, 0.1) is 24.1 Å². The molecule has 4 amide bonds. The second-order valence-electron chi connectivity index (χ2n) is 9.52. The van der Waals surface area contributed by atoms with Gasteiger partial charge in [0.15, 0.2) is 0 Å². The molecule has 4 aromatic rings. The fourth-order valence-electron chi connectivity index (χ4n) is 4.86. The Balaban J connectivity index is 1.67. The molecule has 0 bridgehead atoms. The monoisotopic (exact) mass is 578 g/mol. The summed E-state index contributed by atoms with van der Waals surface area (Å²) in [5.41, 5.74) is 2.46. The lowest BCUT2D eigenvalue weighted by atomic mass is 9.98. The summed E-state index contributed by atoms with van der Waals surface area (Å²) in [7, 11) is -2.37. The number of nitrogens with zero attached hydrogens (tertiary/aromatic N) is 2. The SMILES string of the molecule is CNC(=O)c1c(-c2ccc(F)cc2)oc2cc(N(CCCN3C(=O)CNC3=O)S(C)(=O)=O)c(-c3ccccc3)cc12. The van der Waals surface area contributed by atoms with E-state index in [0.717, 1.165) is 11.2 Å². The predicted octanol–water partition coefficient (Wildman–Crippen LogP) is 3.97. The minimum absolute atomic E-state index is 0.0327. The molecule has 3 aromatic carbocycles. The molecule has 0 unspecified atom stereocenters. The number of anilines is 1. The molecule has 0 saturated carbocycles. The number of sulfonamides is 1. The van der Waals surface area contributed by atoms with Crippen LogP contribution in [-0.4, -0.2) is 64.1 Å². The molecule has 2 heterocycles. The summed E-state index contributed by atoms with van der Waals surface area (Å²) in [6.07, 6.45) is 1.25. The van der Waals surface area contributed by atoms with Crippen molar-refractivity contribution in [3.8, 4) is 22.5 Å². The molecule has 1 aliphatic heterocycles. The molecule has 0 aliphatic carbocycles. The molecule has 41 heavy (non-hydrogen) atoms. The van der Waals surface area contributed by atoms with Crippen molar-refractivity contribution >= 4 is 44.5 Å². The first-order chi connectivity index (χ1) is 19.6. The van der Waals surface area contributed by atoms with Crippen LogP contribution in [0.4, 0.5) is 14.9 Å². The highest BCUT2D eigenvalue weighted by Crippen LogP contribution is 2.41. The summed E-state index contributed by atoms with van der Waals surface area (Å²) in [4.78, 5) is 38.1. The van der Waals surface area contributed by atoms with Gasteiger partial charge in [-0.3, -0.25) is 18.8 Å². The molecule has 0 radical (unpaired) electrons. The topological polar surface area (TPSA) is 129 Å². The van der Waals surface area contributed by atoms with E-state index in [1.807, 2.05) is 30.3 Å². The fraction of sp³-hybridized carbons (Fsp3) is 0.207. The zero-order valence-electron chi connectivity index (χ0n) is 22.3. The highest BCUT2D eigenvalue weighted by atomic mass is 32.2. The van der Waals surface area contributed by atoms with Crippen LogP contribution < -0.4 is 14.9 Å². The second kappa shape index (κ2) is 11.0. The van der Waals surface area contributed by atoms with E-state index in [4.69, 9.17) is 4.42 Å². The van der Waals surface area contributed by atoms with Gasteiger partial charge < -0.3 is 15.1 Å². The Morgan fingerprint density at radius 3 is 2.39 bits per heavy atom. The van der Waals surface area contributed by atoms with Crippen LogP contribution in [0.3, 0.4) is 0 Å². The van der Waals surface area contributed by atoms with E-state index in [2.05, 4.69) is 10.6 Å². The molecular weight excluding hydrogens is 551 g/mol. The largest absolute Gasteiger partial charge is 0.455 e. The van der Waals surface area contributed by atoms with Crippen molar-refractivity contribution in [1.82, 2.24) is 15.5 Å². The molecule has 1 aliphatic rings. The Morgan fingerprint density at radius 1 is 1.07 bits per heavy atom. The number of imide groups is 1. The molecule has 1 saturated heterocycles. The first-order valence-electron chi connectivity index (χ1n) is 12.8. The van der Waals surface area contributed by atoms with Crippen LogP contribution in [0, 0.1) is 5.82 Å². The lowest BCUT2D eigenvalue weighted by Gasteiger charge is -2.26. The Morgan fingerprint density at radius 2 is 1.78 bits per heavy atom. The molecule has 12 heteroatoms. The molecule has 1 fully saturated rings. The minimum Gasteiger partial charge on any atom is -0.455 e. The van der Waals surface area contributed by atoms with Gasteiger partial charge in [-0.05, 0) is 42.3 Å². The molecule has 5 rings (SSSR count). The standard InChI is InChI=1S/C29H27FN4O6S/c1-31-28(36)26-22-15-21(18-7-4-3-5-8-18)23(16-24(22)40-27(26)19-9-11-20(30)12-10-19)34(41(2,38)39)14-6-13-33-25(35)17-32-29(33)37/h3-5,7-12,15-16H,6,13-14,17H2,1-2H3,(H,31,36)(H,32,37). The van der Waals surface area contributed by atoms with E-state index in [1.54, 1.807) is 12.1 Å². The molecule has 0 atom stereocenters. The number of urea groups is 1. The van der Waals surface area contributed by atoms with Crippen molar-refractivity contribution in [3.63, 3.8) is 0 Å². The summed E-state index contributed by atoms with van der Waals surface area (Å²) in [5, 5.41) is 5.51. The number of rotatable bonds is 9. The van der Waals surface area contributed by atoms with Gasteiger partial charge in [0.1, 0.15) is 17.2 Å². The zero-order valence-corrected chi connectivity index (χ0v) is 23.1. The number of nitrogens with one attached hydrogen (secondary N) is 2. The van der Waals surface area contributed by atoms with E-state index in [0.29, 0.717) is 27.8 Å². The number of carbonyl (C=O) groups is 3. The number of fused-ring (bicyclic) bond motifs is 1. The highest BCUT2D eigenvalue weighted by Gasteiger charge is 2.30. The van der Waals surface area contributed by atoms with E-state index < -0.39 is 27.8 Å². The Hall–Kier alpha value is -4.71. The van der Waals surface area contributed by atoms with Gasteiger partial charge in [0, 0.05) is 42.7 Å². The number of halogens is 1. The molecular formula is C29H27FN4O6S. The number of amides is 4. The number of hydrogen-bond donors (Lipinski definition) is 2. The Bertz CT molecular complexity index is 1740. The van der Waals surface area contributed by atoms with Crippen LogP contribution in [0.5, 0.6) is 0 Å². The van der Waals surface area contributed by atoms with Gasteiger partial charge in [-0.25, -0.2) is 17.6 Å². The van der Waals surface area contributed by atoms with Crippen molar-refractivity contribution in [1.29, 1.82) is 0 Å². The third-order valence-corrected chi connectivity index (χ3v) is 7.98. The third-order valence-electron chi connectivity index (χ3n) is 6.80. The predicted molar refractivity (Wildman–Crippen MR) is 152 cm³/mol. The van der Waals surface area contributed by atoms with Crippen LogP contribution in [0.1, 0.15) is 16.8 Å². The lowest BCUT2D eigenvalue weighted by Crippen LogP contribution is -2.36. The van der Waals surface area contributed by atoms with Gasteiger partial charge >= 0.3 is 6.03 Å². The van der Waals surface area contributed by atoms with Crippen molar-refractivity contribution in [2.24, 2.45) is 0 Å². The lowest BCUT2D eigenvalue weighted by molar-refractivity contribution is -0.125. The second-order valence-corrected chi connectivity index (χ2v) is 11.4.